The molecule has 2 aromatic carbocycles. The lowest BCUT2D eigenvalue weighted by Crippen LogP contribution is -2.03. The van der Waals surface area contributed by atoms with Gasteiger partial charge in [0.15, 0.2) is 0 Å². The smallest absolute Gasteiger partial charge is 0.416 e. The highest BCUT2D eigenvalue weighted by Crippen LogP contribution is 2.33. The maximum Gasteiger partial charge on any atom is 0.416 e. The monoisotopic (exact) mass is 348 g/mol. The Kier molecular flexibility index (Phi) is 4.00. The van der Waals surface area contributed by atoms with Crippen molar-refractivity contribution in [1.29, 1.82) is 0 Å². The normalized spacial score (nSPS) is 11.5. The van der Waals surface area contributed by atoms with Crippen molar-refractivity contribution in [2.75, 3.05) is 0 Å². The van der Waals surface area contributed by atoms with Crippen LogP contribution in [0.5, 0.6) is 5.75 Å². The molecule has 0 amide bonds. The van der Waals surface area contributed by atoms with Crippen molar-refractivity contribution in [3.63, 3.8) is 0 Å². The number of carbonyl (C=O) groups is 1. The first-order valence-electron chi connectivity index (χ1n) is 7.10. The molecule has 3 aromatic rings. The number of rotatable bonds is 3. The van der Waals surface area contributed by atoms with Crippen molar-refractivity contribution in [3.05, 3.63) is 65.7 Å². The van der Waals surface area contributed by atoms with Gasteiger partial charge in [-0.1, -0.05) is 12.1 Å². The van der Waals surface area contributed by atoms with Crippen LogP contribution in [0.25, 0.3) is 22.6 Å². The number of aromatic hydroxyl groups is 1. The Labute approximate surface area is 139 Å². The van der Waals surface area contributed by atoms with Crippen molar-refractivity contribution in [1.82, 2.24) is 0 Å². The Morgan fingerprint density at radius 2 is 1.44 bits per heavy atom. The van der Waals surface area contributed by atoms with Gasteiger partial charge in [-0.15, -0.1) is 0 Å². The van der Waals surface area contributed by atoms with Crippen molar-refractivity contribution in [2.45, 2.75) is 6.18 Å². The Morgan fingerprint density at radius 3 is 2.00 bits per heavy atom. The van der Waals surface area contributed by atoms with E-state index >= 15 is 0 Å². The second-order valence-electron chi connectivity index (χ2n) is 5.28. The number of hydrogen-bond acceptors (Lipinski definition) is 3. The highest BCUT2D eigenvalue weighted by Gasteiger charge is 2.30. The fourth-order valence-corrected chi connectivity index (χ4v) is 2.33. The van der Waals surface area contributed by atoms with E-state index in [2.05, 4.69) is 0 Å². The quantitative estimate of drug-likeness (QED) is 0.696. The predicted molar refractivity (Wildman–Crippen MR) is 83.2 cm³/mol. The van der Waals surface area contributed by atoms with E-state index in [-0.39, 0.29) is 11.3 Å². The predicted octanol–water partition coefficient (Wildman–Crippen LogP) is 5.04. The molecule has 0 saturated carbocycles. The first-order valence-corrected chi connectivity index (χ1v) is 7.10. The summed E-state index contributed by atoms with van der Waals surface area (Å²) in [6.45, 7) is 0. The fourth-order valence-electron chi connectivity index (χ4n) is 2.33. The lowest BCUT2D eigenvalue weighted by molar-refractivity contribution is -0.137. The number of phenols is 1. The minimum atomic E-state index is -4.41. The van der Waals surface area contributed by atoms with Crippen LogP contribution in [0.1, 0.15) is 15.9 Å². The third-order valence-electron chi connectivity index (χ3n) is 3.61. The Hall–Kier alpha value is -3.22. The fraction of sp³-hybridized carbons (Fsp3) is 0.0556. The van der Waals surface area contributed by atoms with E-state index in [0.29, 0.717) is 22.6 Å². The van der Waals surface area contributed by atoms with E-state index in [4.69, 9.17) is 9.52 Å². The van der Waals surface area contributed by atoms with Crippen LogP contribution in [0.15, 0.2) is 59.0 Å². The van der Waals surface area contributed by atoms with Gasteiger partial charge in [0.05, 0.1) is 5.56 Å². The van der Waals surface area contributed by atoms with Crippen molar-refractivity contribution in [3.8, 4) is 28.4 Å². The van der Waals surface area contributed by atoms with Gasteiger partial charge in [0.25, 0.3) is 0 Å². The molecule has 0 fully saturated rings. The molecule has 0 aliphatic heterocycles. The maximum absolute atomic E-state index is 12.6. The first kappa shape index (κ1) is 16.6. The van der Waals surface area contributed by atoms with Gasteiger partial charge in [0, 0.05) is 11.1 Å². The summed E-state index contributed by atoms with van der Waals surface area (Å²) in [6, 6.07) is 11.6. The lowest BCUT2D eigenvalue weighted by atomic mass is 10.1. The molecule has 7 heteroatoms. The lowest BCUT2D eigenvalue weighted by Gasteiger charge is -2.06. The molecule has 0 atom stereocenters. The third kappa shape index (κ3) is 3.35. The third-order valence-corrected chi connectivity index (χ3v) is 3.61. The van der Waals surface area contributed by atoms with Gasteiger partial charge in [-0.05, 0) is 42.5 Å². The van der Waals surface area contributed by atoms with Crippen LogP contribution in [0.2, 0.25) is 0 Å². The summed E-state index contributed by atoms with van der Waals surface area (Å²) in [5.74, 6) is -0.981. The molecule has 0 spiro atoms. The van der Waals surface area contributed by atoms with E-state index in [9.17, 15) is 23.1 Å². The van der Waals surface area contributed by atoms with Gasteiger partial charge >= 0.3 is 12.1 Å². The van der Waals surface area contributed by atoms with Crippen molar-refractivity contribution < 1.29 is 32.6 Å². The van der Waals surface area contributed by atoms with Crippen LogP contribution >= 0.6 is 0 Å². The molecule has 0 saturated heterocycles. The van der Waals surface area contributed by atoms with E-state index in [1.165, 1.54) is 30.3 Å². The number of hydrogen-bond donors (Lipinski definition) is 2. The molecule has 3 rings (SSSR count). The highest BCUT2D eigenvalue weighted by molar-refractivity contribution is 5.92. The topological polar surface area (TPSA) is 70.7 Å². The molecular formula is C18H11F3O4. The van der Waals surface area contributed by atoms with E-state index < -0.39 is 17.7 Å². The summed E-state index contributed by atoms with van der Waals surface area (Å²) >= 11 is 0. The second-order valence-corrected chi connectivity index (χ2v) is 5.28. The largest absolute Gasteiger partial charge is 0.507 e. The second kappa shape index (κ2) is 6.01. The summed E-state index contributed by atoms with van der Waals surface area (Å²) in [5.41, 5.74) is -0.150. The zero-order valence-corrected chi connectivity index (χ0v) is 12.5. The number of halogens is 3. The standard InChI is InChI=1S/C18H11F3O4/c19-18(20,21)12-4-1-10(2-5-12)15-7-8-16(25-15)11-3-6-14(22)13(9-11)17(23)24/h1-9,22H,(H,23,24). The van der Waals surface area contributed by atoms with Gasteiger partial charge in [-0.25, -0.2) is 4.79 Å². The van der Waals surface area contributed by atoms with Crippen LogP contribution in [-0.2, 0) is 6.18 Å². The number of aromatic carboxylic acids is 1. The Morgan fingerprint density at radius 1 is 0.880 bits per heavy atom. The number of carboxylic acids is 1. The number of benzene rings is 2. The Bertz CT molecular complexity index is 924. The summed E-state index contributed by atoms with van der Waals surface area (Å²) < 4.78 is 43.4. The van der Waals surface area contributed by atoms with Crippen LogP contribution in [0, 0.1) is 0 Å². The van der Waals surface area contributed by atoms with Gasteiger partial charge in [0.1, 0.15) is 22.8 Å². The summed E-state index contributed by atoms with van der Waals surface area (Å²) in [7, 11) is 0. The number of carboxylic acid groups (broad SMARTS) is 1. The molecule has 0 aliphatic rings. The van der Waals surface area contributed by atoms with E-state index in [0.717, 1.165) is 12.1 Å². The molecule has 0 unspecified atom stereocenters. The van der Waals surface area contributed by atoms with Crippen LogP contribution in [-0.4, -0.2) is 16.2 Å². The minimum Gasteiger partial charge on any atom is -0.507 e. The molecule has 2 N–H and O–H groups in total. The molecule has 0 radical (unpaired) electrons. The highest BCUT2D eigenvalue weighted by atomic mass is 19.4. The molecular weight excluding hydrogens is 337 g/mol. The van der Waals surface area contributed by atoms with Gasteiger partial charge < -0.3 is 14.6 Å². The summed E-state index contributed by atoms with van der Waals surface area (Å²) in [4.78, 5) is 11.1. The first-order chi connectivity index (χ1) is 11.8. The average molecular weight is 348 g/mol. The molecule has 128 valence electrons. The maximum atomic E-state index is 12.6. The molecule has 1 heterocycles. The summed E-state index contributed by atoms with van der Waals surface area (Å²) in [6.07, 6.45) is -4.41. The van der Waals surface area contributed by atoms with E-state index in [1.54, 1.807) is 12.1 Å². The zero-order valence-electron chi connectivity index (χ0n) is 12.5. The van der Waals surface area contributed by atoms with Gasteiger partial charge in [-0.3, -0.25) is 0 Å². The van der Waals surface area contributed by atoms with Gasteiger partial charge in [0.2, 0.25) is 0 Å². The molecule has 4 nitrogen and oxygen atoms in total. The minimum absolute atomic E-state index is 0.273. The SMILES string of the molecule is O=C(O)c1cc(-c2ccc(-c3ccc(C(F)(F)F)cc3)o2)ccc1O. The number of furan rings is 1. The molecule has 25 heavy (non-hydrogen) atoms. The Balaban J connectivity index is 1.93. The van der Waals surface area contributed by atoms with Gasteiger partial charge in [-0.2, -0.15) is 13.2 Å². The zero-order chi connectivity index (χ0) is 18.2. The summed E-state index contributed by atoms with van der Waals surface area (Å²) in [5, 5.41) is 18.6. The van der Waals surface area contributed by atoms with E-state index in [1.807, 2.05) is 0 Å². The van der Waals surface area contributed by atoms with Crippen molar-refractivity contribution >= 4 is 5.97 Å². The van der Waals surface area contributed by atoms with Crippen molar-refractivity contribution in [2.24, 2.45) is 0 Å². The number of alkyl halides is 3. The van der Waals surface area contributed by atoms with Crippen LogP contribution in [0.4, 0.5) is 13.2 Å². The molecule has 0 bridgehead atoms. The van der Waals surface area contributed by atoms with Crippen LogP contribution in [0.3, 0.4) is 0 Å². The molecule has 1 aromatic heterocycles. The average Bonchev–Trinajstić information content (AvgIpc) is 3.04. The molecule has 0 aliphatic carbocycles. The van der Waals surface area contributed by atoms with Crippen LogP contribution < -0.4 is 0 Å².